The molecule has 0 fully saturated rings. The van der Waals surface area contributed by atoms with E-state index in [1.54, 1.807) is 0 Å². The predicted octanol–water partition coefficient (Wildman–Crippen LogP) is 1.82. The van der Waals surface area contributed by atoms with E-state index in [-0.39, 0.29) is 24.9 Å². The van der Waals surface area contributed by atoms with Gasteiger partial charge in [-0.05, 0) is 17.9 Å². The van der Waals surface area contributed by atoms with Gasteiger partial charge in [-0.15, -0.1) is 0 Å². The summed E-state index contributed by atoms with van der Waals surface area (Å²) in [6, 6.07) is 9.64. The summed E-state index contributed by atoms with van der Waals surface area (Å²) in [4.78, 5) is 21.9. The number of carbonyl (C=O) groups is 2. The van der Waals surface area contributed by atoms with Gasteiger partial charge in [-0.25, -0.2) is 0 Å². The largest absolute Gasteiger partial charge is 0.481 e. The second-order valence-corrected chi connectivity index (χ2v) is 4.82. The van der Waals surface area contributed by atoms with E-state index in [1.165, 1.54) is 0 Å². The fourth-order valence-corrected chi connectivity index (χ4v) is 1.65. The number of ether oxygens (including phenoxy) is 1. The molecule has 5 heteroatoms. The van der Waals surface area contributed by atoms with Crippen molar-refractivity contribution in [1.82, 2.24) is 5.32 Å². The minimum absolute atomic E-state index is 0.0144. The van der Waals surface area contributed by atoms with Gasteiger partial charge in [0, 0.05) is 13.0 Å². The van der Waals surface area contributed by atoms with Crippen molar-refractivity contribution in [2.45, 2.75) is 26.4 Å². The normalized spacial score (nSPS) is 11.8. The van der Waals surface area contributed by atoms with Crippen molar-refractivity contribution in [1.29, 1.82) is 0 Å². The van der Waals surface area contributed by atoms with Crippen LogP contribution in [-0.4, -0.2) is 30.1 Å². The van der Waals surface area contributed by atoms with Crippen molar-refractivity contribution in [3.8, 4) is 0 Å². The minimum atomic E-state index is -0.811. The molecular weight excluding hydrogens is 258 g/mol. The summed E-state index contributed by atoms with van der Waals surface area (Å²) in [6.07, 6.45) is 0.683. The van der Waals surface area contributed by atoms with E-state index in [4.69, 9.17) is 9.84 Å². The number of carboxylic acid groups (broad SMARTS) is 1. The molecule has 0 radical (unpaired) electrons. The van der Waals surface area contributed by atoms with Crippen molar-refractivity contribution in [2.75, 3.05) is 13.2 Å². The van der Waals surface area contributed by atoms with Gasteiger partial charge in [-0.3, -0.25) is 9.59 Å². The third-order valence-corrected chi connectivity index (χ3v) is 2.84. The molecule has 110 valence electrons. The fraction of sp³-hybridized carbons (Fsp3) is 0.467. The molecule has 0 spiro atoms. The molecule has 1 atom stereocenters. The monoisotopic (exact) mass is 279 g/mol. The maximum absolute atomic E-state index is 11.5. The number of hydrogen-bond donors (Lipinski definition) is 2. The highest BCUT2D eigenvalue weighted by molar-refractivity contribution is 5.77. The standard InChI is InChI=1S/C15H21NO4/c1-12(7-8-15(18)19)9-16-14(17)11-20-10-13-5-3-2-4-6-13/h2-6,12H,7-11H2,1H3,(H,16,17)(H,18,19). The third-order valence-electron chi connectivity index (χ3n) is 2.84. The van der Waals surface area contributed by atoms with Crippen LogP contribution in [-0.2, 0) is 20.9 Å². The van der Waals surface area contributed by atoms with Crippen molar-refractivity contribution in [3.63, 3.8) is 0 Å². The van der Waals surface area contributed by atoms with E-state index < -0.39 is 5.97 Å². The summed E-state index contributed by atoms with van der Waals surface area (Å²) < 4.78 is 5.31. The van der Waals surface area contributed by atoms with Crippen LogP contribution in [0, 0.1) is 5.92 Å². The van der Waals surface area contributed by atoms with Gasteiger partial charge in [0.1, 0.15) is 6.61 Å². The number of benzene rings is 1. The highest BCUT2D eigenvalue weighted by Crippen LogP contribution is 2.04. The first-order valence-corrected chi connectivity index (χ1v) is 6.68. The zero-order chi connectivity index (χ0) is 14.8. The first-order valence-electron chi connectivity index (χ1n) is 6.68. The molecule has 0 aliphatic carbocycles. The van der Waals surface area contributed by atoms with E-state index in [0.29, 0.717) is 19.6 Å². The molecule has 20 heavy (non-hydrogen) atoms. The summed E-state index contributed by atoms with van der Waals surface area (Å²) in [7, 11) is 0. The summed E-state index contributed by atoms with van der Waals surface area (Å²) >= 11 is 0. The van der Waals surface area contributed by atoms with Crippen LogP contribution in [0.4, 0.5) is 0 Å². The van der Waals surface area contributed by atoms with E-state index in [2.05, 4.69) is 5.32 Å². The Balaban J connectivity index is 2.10. The van der Waals surface area contributed by atoms with Crippen LogP contribution >= 0.6 is 0 Å². The lowest BCUT2D eigenvalue weighted by Gasteiger charge is -2.11. The zero-order valence-electron chi connectivity index (χ0n) is 11.7. The Labute approximate surface area is 118 Å². The molecule has 0 aliphatic rings. The van der Waals surface area contributed by atoms with Gasteiger partial charge in [0.05, 0.1) is 6.61 Å². The van der Waals surface area contributed by atoms with E-state index in [1.807, 2.05) is 37.3 Å². The highest BCUT2D eigenvalue weighted by atomic mass is 16.5. The fourth-order valence-electron chi connectivity index (χ4n) is 1.65. The first kappa shape index (κ1) is 16.2. The molecule has 0 heterocycles. The Morgan fingerprint density at radius 3 is 2.65 bits per heavy atom. The Morgan fingerprint density at radius 1 is 1.30 bits per heavy atom. The maximum atomic E-state index is 11.5. The van der Waals surface area contributed by atoms with Crippen molar-refractivity contribution in [3.05, 3.63) is 35.9 Å². The van der Waals surface area contributed by atoms with Crippen molar-refractivity contribution in [2.24, 2.45) is 5.92 Å². The van der Waals surface area contributed by atoms with Gasteiger partial charge in [0.25, 0.3) is 0 Å². The second-order valence-electron chi connectivity index (χ2n) is 4.82. The molecule has 1 aromatic carbocycles. The SMILES string of the molecule is CC(CCC(=O)O)CNC(=O)COCc1ccccc1. The van der Waals surface area contributed by atoms with Crippen LogP contribution < -0.4 is 5.32 Å². The molecule has 1 unspecified atom stereocenters. The first-order chi connectivity index (χ1) is 9.58. The van der Waals surface area contributed by atoms with Crippen LogP contribution in [0.25, 0.3) is 0 Å². The molecule has 1 aromatic rings. The Morgan fingerprint density at radius 2 is 2.00 bits per heavy atom. The van der Waals surface area contributed by atoms with E-state index in [0.717, 1.165) is 5.56 Å². The molecule has 1 amide bonds. The number of aliphatic carboxylic acids is 1. The molecule has 5 nitrogen and oxygen atoms in total. The van der Waals surface area contributed by atoms with E-state index >= 15 is 0 Å². The summed E-state index contributed by atoms with van der Waals surface area (Å²) in [5.74, 6) is -0.846. The van der Waals surface area contributed by atoms with Gasteiger partial charge < -0.3 is 15.2 Å². The lowest BCUT2D eigenvalue weighted by Crippen LogP contribution is -2.31. The average molecular weight is 279 g/mol. The van der Waals surface area contributed by atoms with E-state index in [9.17, 15) is 9.59 Å². The molecular formula is C15H21NO4. The molecule has 0 saturated heterocycles. The predicted molar refractivity (Wildman–Crippen MR) is 75.1 cm³/mol. The molecule has 0 aliphatic heterocycles. The third kappa shape index (κ3) is 7.53. The number of nitrogens with one attached hydrogen (secondary N) is 1. The van der Waals surface area contributed by atoms with Gasteiger partial charge in [0.2, 0.25) is 5.91 Å². The molecule has 0 saturated carbocycles. The summed E-state index contributed by atoms with van der Waals surface area (Å²) in [5.41, 5.74) is 1.02. The van der Waals surface area contributed by atoms with Gasteiger partial charge in [0.15, 0.2) is 0 Å². The lowest BCUT2D eigenvalue weighted by molar-refractivity contribution is -0.137. The van der Waals surface area contributed by atoms with Gasteiger partial charge in [-0.1, -0.05) is 37.3 Å². The minimum Gasteiger partial charge on any atom is -0.481 e. The second kappa shape index (κ2) is 9.09. The van der Waals surface area contributed by atoms with Crippen LogP contribution in [0.3, 0.4) is 0 Å². The molecule has 1 rings (SSSR count). The zero-order valence-corrected chi connectivity index (χ0v) is 11.7. The maximum Gasteiger partial charge on any atom is 0.303 e. The number of amides is 1. The Hall–Kier alpha value is -1.88. The molecule has 0 aromatic heterocycles. The summed E-state index contributed by atoms with van der Waals surface area (Å²) in [5, 5.41) is 11.3. The Kier molecular flexibility index (Phi) is 7.35. The van der Waals surface area contributed by atoms with Crippen LogP contribution in [0.15, 0.2) is 30.3 Å². The number of carboxylic acids is 1. The van der Waals surface area contributed by atoms with Crippen LogP contribution in [0.2, 0.25) is 0 Å². The van der Waals surface area contributed by atoms with Gasteiger partial charge >= 0.3 is 5.97 Å². The lowest BCUT2D eigenvalue weighted by atomic mass is 10.1. The quantitative estimate of drug-likeness (QED) is 0.723. The number of hydrogen-bond acceptors (Lipinski definition) is 3. The number of rotatable bonds is 9. The topological polar surface area (TPSA) is 75.6 Å². The average Bonchev–Trinajstić information content (AvgIpc) is 2.44. The molecule has 2 N–H and O–H groups in total. The highest BCUT2D eigenvalue weighted by Gasteiger charge is 2.07. The van der Waals surface area contributed by atoms with Crippen molar-refractivity contribution < 1.29 is 19.4 Å². The van der Waals surface area contributed by atoms with Crippen LogP contribution in [0.1, 0.15) is 25.3 Å². The number of carbonyl (C=O) groups excluding carboxylic acids is 1. The van der Waals surface area contributed by atoms with Crippen molar-refractivity contribution >= 4 is 11.9 Å². The summed E-state index contributed by atoms with van der Waals surface area (Å²) in [6.45, 7) is 2.80. The smallest absolute Gasteiger partial charge is 0.303 e. The Bertz CT molecular complexity index is 419. The van der Waals surface area contributed by atoms with Gasteiger partial charge in [-0.2, -0.15) is 0 Å². The van der Waals surface area contributed by atoms with Crippen LogP contribution in [0.5, 0.6) is 0 Å². The molecule has 0 bridgehead atoms.